The molecule has 11 nitrogen and oxygen atoms in total. The Balaban J connectivity index is 1.65. The molecule has 2 heterocycles. The highest BCUT2D eigenvalue weighted by Crippen LogP contribution is 2.21. The summed E-state index contributed by atoms with van der Waals surface area (Å²) in [5.41, 5.74) is 6.04. The van der Waals surface area contributed by atoms with E-state index in [0.717, 1.165) is 21.9 Å². The number of ketones is 1. The van der Waals surface area contributed by atoms with Gasteiger partial charge in [0.2, 0.25) is 5.16 Å². The van der Waals surface area contributed by atoms with Crippen molar-refractivity contribution in [2.45, 2.75) is 25.2 Å². The Bertz CT molecular complexity index is 1440. The number of phenolic OH excluding ortho intramolecular Hbond substituents is 1. The third kappa shape index (κ3) is 4.48. The predicted octanol–water partition coefficient (Wildman–Crippen LogP) is 1.32. The number of nitrogens with two attached hydrogens (primary N) is 1. The van der Waals surface area contributed by atoms with E-state index in [1.165, 1.54) is 21.4 Å². The van der Waals surface area contributed by atoms with Crippen molar-refractivity contribution in [3.63, 3.8) is 0 Å². The van der Waals surface area contributed by atoms with Crippen LogP contribution in [0.25, 0.3) is 5.69 Å². The first-order chi connectivity index (χ1) is 16.4. The van der Waals surface area contributed by atoms with E-state index in [9.17, 15) is 19.5 Å². The number of phenols is 1. The highest BCUT2D eigenvalue weighted by molar-refractivity contribution is 7.99. The lowest BCUT2D eigenvalue weighted by Crippen LogP contribution is -2.44. The van der Waals surface area contributed by atoms with Crippen molar-refractivity contribution in [1.82, 2.24) is 29.3 Å². The summed E-state index contributed by atoms with van der Waals surface area (Å²) in [6.07, 6.45) is 0. The fraction of sp³-hybridized carbons (Fsp3) is 0.182. The quantitative estimate of drug-likeness (QED) is 0.281. The summed E-state index contributed by atoms with van der Waals surface area (Å²) < 4.78 is 3.64. The van der Waals surface area contributed by atoms with E-state index >= 15 is 0 Å². The fourth-order valence-corrected chi connectivity index (χ4v) is 4.16. The zero-order chi connectivity index (χ0) is 24.2. The lowest BCUT2D eigenvalue weighted by molar-refractivity contribution is 0.102. The molecule has 2 aromatic heterocycles. The van der Waals surface area contributed by atoms with Gasteiger partial charge in [0, 0.05) is 6.54 Å². The van der Waals surface area contributed by atoms with Crippen molar-refractivity contribution in [3.8, 4) is 11.4 Å². The van der Waals surface area contributed by atoms with E-state index in [1.807, 2.05) is 30.3 Å². The molecule has 4 aromatic rings. The number of thioether (sulfide) groups is 1. The van der Waals surface area contributed by atoms with Gasteiger partial charge in [0.15, 0.2) is 5.78 Å². The third-order valence-corrected chi connectivity index (χ3v) is 6.03. The zero-order valence-electron chi connectivity index (χ0n) is 18.2. The normalized spacial score (nSPS) is 11.0. The molecule has 174 valence electrons. The number of benzene rings is 2. The average Bonchev–Trinajstić information content (AvgIpc) is 3.30. The summed E-state index contributed by atoms with van der Waals surface area (Å²) in [6, 6.07) is 15.4. The maximum Gasteiger partial charge on any atom is 0.332 e. The Morgan fingerprint density at radius 1 is 1.06 bits per heavy atom. The van der Waals surface area contributed by atoms with Gasteiger partial charge >= 0.3 is 5.69 Å². The van der Waals surface area contributed by atoms with Gasteiger partial charge in [-0.3, -0.25) is 18.7 Å². The SMILES string of the molecule is CCn1c(=O)c(C(=O)CSc2nnnn2-c2ccc(O)cc2)c(N)n(Cc2ccccc2)c1=O. The van der Waals surface area contributed by atoms with Crippen LogP contribution in [0.5, 0.6) is 5.75 Å². The molecule has 0 fully saturated rings. The Kier molecular flexibility index (Phi) is 6.59. The smallest absolute Gasteiger partial charge is 0.332 e. The maximum absolute atomic E-state index is 13.1. The number of nitrogen functional groups attached to an aromatic ring is 1. The molecule has 0 saturated heterocycles. The molecular formula is C22H21N7O4S. The number of rotatable bonds is 8. The Morgan fingerprint density at radius 2 is 1.76 bits per heavy atom. The van der Waals surface area contributed by atoms with Crippen molar-refractivity contribution in [2.24, 2.45) is 0 Å². The number of hydrogen-bond acceptors (Lipinski definition) is 9. The van der Waals surface area contributed by atoms with E-state index in [0.29, 0.717) is 10.8 Å². The topological polar surface area (TPSA) is 151 Å². The number of aromatic hydroxyl groups is 1. The van der Waals surface area contributed by atoms with Crippen LogP contribution < -0.4 is 17.0 Å². The lowest BCUT2D eigenvalue weighted by atomic mass is 10.2. The van der Waals surface area contributed by atoms with E-state index in [2.05, 4.69) is 15.5 Å². The van der Waals surface area contributed by atoms with E-state index in [1.54, 1.807) is 19.1 Å². The predicted molar refractivity (Wildman–Crippen MR) is 126 cm³/mol. The number of Topliss-reactive ketones (excluding diaryl/α,β-unsaturated/α-hetero) is 1. The van der Waals surface area contributed by atoms with E-state index in [-0.39, 0.29) is 36.0 Å². The number of aromatic nitrogens is 6. The molecule has 0 atom stereocenters. The Morgan fingerprint density at radius 3 is 2.44 bits per heavy atom. The first-order valence-corrected chi connectivity index (χ1v) is 11.3. The molecule has 34 heavy (non-hydrogen) atoms. The molecule has 0 radical (unpaired) electrons. The molecule has 0 unspecified atom stereocenters. The monoisotopic (exact) mass is 479 g/mol. The second kappa shape index (κ2) is 9.75. The molecule has 4 rings (SSSR count). The molecule has 0 bridgehead atoms. The summed E-state index contributed by atoms with van der Waals surface area (Å²) in [4.78, 5) is 38.9. The summed E-state index contributed by atoms with van der Waals surface area (Å²) in [6.45, 7) is 1.87. The number of hydrogen-bond donors (Lipinski definition) is 2. The minimum absolute atomic E-state index is 0.0921. The van der Waals surface area contributed by atoms with E-state index < -0.39 is 17.0 Å². The van der Waals surface area contributed by atoms with Crippen LogP contribution in [0.2, 0.25) is 0 Å². The minimum Gasteiger partial charge on any atom is -0.508 e. The van der Waals surface area contributed by atoms with Crippen molar-refractivity contribution in [1.29, 1.82) is 0 Å². The van der Waals surface area contributed by atoms with Crippen molar-refractivity contribution < 1.29 is 9.90 Å². The molecule has 0 aliphatic heterocycles. The second-order valence-corrected chi connectivity index (χ2v) is 8.21. The summed E-state index contributed by atoms with van der Waals surface area (Å²) in [5.74, 6) is -0.802. The molecular weight excluding hydrogens is 458 g/mol. The molecule has 12 heteroatoms. The van der Waals surface area contributed by atoms with Gasteiger partial charge in [0.1, 0.15) is 17.1 Å². The zero-order valence-corrected chi connectivity index (χ0v) is 19.0. The van der Waals surface area contributed by atoms with Crippen LogP contribution in [0.4, 0.5) is 5.82 Å². The van der Waals surface area contributed by atoms with Crippen LogP contribution in [-0.2, 0) is 13.1 Å². The van der Waals surface area contributed by atoms with Crippen LogP contribution in [0, 0.1) is 0 Å². The number of carbonyl (C=O) groups is 1. The van der Waals surface area contributed by atoms with Crippen molar-refractivity contribution in [3.05, 3.63) is 86.6 Å². The minimum atomic E-state index is -0.724. The highest BCUT2D eigenvalue weighted by atomic mass is 32.2. The van der Waals surface area contributed by atoms with Crippen LogP contribution in [0.3, 0.4) is 0 Å². The van der Waals surface area contributed by atoms with Gasteiger partial charge in [-0.05, 0) is 47.2 Å². The van der Waals surface area contributed by atoms with Gasteiger partial charge in [0.25, 0.3) is 5.56 Å². The highest BCUT2D eigenvalue weighted by Gasteiger charge is 2.23. The first kappa shape index (κ1) is 23.0. The standard InChI is InChI=1S/C22H21N7O4S/c1-2-27-20(32)18(19(23)28(22(27)33)12-14-6-4-3-5-7-14)17(31)13-34-21-24-25-26-29(21)15-8-10-16(30)11-9-15/h3-11,30H,2,12-13,23H2,1H3. The molecule has 0 amide bonds. The average molecular weight is 480 g/mol. The molecule has 2 aromatic carbocycles. The van der Waals surface area contributed by atoms with Crippen molar-refractivity contribution >= 4 is 23.4 Å². The van der Waals surface area contributed by atoms with Crippen LogP contribution in [0.1, 0.15) is 22.8 Å². The number of carbonyl (C=O) groups excluding carboxylic acids is 1. The number of tetrazole rings is 1. The van der Waals surface area contributed by atoms with Crippen molar-refractivity contribution in [2.75, 3.05) is 11.5 Å². The van der Waals surface area contributed by atoms with Gasteiger partial charge in [-0.1, -0.05) is 42.1 Å². The van der Waals surface area contributed by atoms with Gasteiger partial charge < -0.3 is 10.8 Å². The van der Waals surface area contributed by atoms with Gasteiger partial charge in [0.05, 0.1) is 18.0 Å². The second-order valence-electron chi connectivity index (χ2n) is 7.27. The molecule has 3 N–H and O–H groups in total. The van der Waals surface area contributed by atoms with Crippen LogP contribution in [-0.4, -0.2) is 46.0 Å². The molecule has 0 aliphatic carbocycles. The van der Waals surface area contributed by atoms with E-state index in [4.69, 9.17) is 5.73 Å². The van der Waals surface area contributed by atoms with Gasteiger partial charge in [-0.2, -0.15) is 4.68 Å². The largest absolute Gasteiger partial charge is 0.508 e. The summed E-state index contributed by atoms with van der Waals surface area (Å²) in [7, 11) is 0. The van der Waals surface area contributed by atoms with Gasteiger partial charge in [-0.15, -0.1) is 5.10 Å². The number of nitrogens with zero attached hydrogens (tertiary/aromatic N) is 6. The lowest BCUT2D eigenvalue weighted by Gasteiger charge is -2.15. The maximum atomic E-state index is 13.1. The molecule has 0 saturated carbocycles. The summed E-state index contributed by atoms with van der Waals surface area (Å²) >= 11 is 1.02. The van der Waals surface area contributed by atoms with Crippen LogP contribution >= 0.6 is 11.8 Å². The molecule has 0 spiro atoms. The number of anilines is 1. The fourth-order valence-electron chi connectivity index (χ4n) is 3.40. The Hall–Kier alpha value is -4.19. The van der Waals surface area contributed by atoms with Gasteiger partial charge in [-0.25, -0.2) is 4.79 Å². The molecule has 0 aliphatic rings. The van der Waals surface area contributed by atoms with Crippen LogP contribution in [0.15, 0.2) is 69.3 Å². The summed E-state index contributed by atoms with van der Waals surface area (Å²) in [5, 5.41) is 21.3. The third-order valence-electron chi connectivity index (χ3n) is 5.11. The Labute approximate surface area is 197 Å². The first-order valence-electron chi connectivity index (χ1n) is 10.3.